The average Bonchev–Trinajstić information content (AvgIpc) is 3.13. The van der Waals surface area contributed by atoms with Gasteiger partial charge in [0.2, 0.25) is 0 Å². The number of nitrogens with zero attached hydrogens (tertiary/aromatic N) is 2. The summed E-state index contributed by atoms with van der Waals surface area (Å²) in [6.45, 7) is 8.28. The first-order chi connectivity index (χ1) is 13.5. The molecule has 1 heterocycles. The van der Waals surface area contributed by atoms with Crippen LogP contribution in [0.15, 0.2) is 48.5 Å². The van der Waals surface area contributed by atoms with Crippen LogP contribution >= 0.6 is 0 Å². The molecular weight excluding hydrogens is 350 g/mol. The van der Waals surface area contributed by atoms with Gasteiger partial charge in [-0.2, -0.15) is 5.26 Å². The molecule has 28 heavy (non-hydrogen) atoms. The second-order valence-electron chi connectivity index (χ2n) is 7.77. The summed E-state index contributed by atoms with van der Waals surface area (Å²) in [6, 6.07) is 17.0. The highest BCUT2D eigenvalue weighted by molar-refractivity contribution is 5.94. The lowest BCUT2D eigenvalue weighted by Gasteiger charge is -2.23. The first kappa shape index (κ1) is 19.8. The molecule has 0 spiro atoms. The van der Waals surface area contributed by atoms with Crippen LogP contribution in [0.1, 0.15) is 32.8 Å². The summed E-state index contributed by atoms with van der Waals surface area (Å²) in [7, 11) is 0. The molecule has 1 N–H and O–H groups in total. The van der Waals surface area contributed by atoms with Crippen LogP contribution in [0.5, 0.6) is 5.75 Å². The van der Waals surface area contributed by atoms with Gasteiger partial charge in [-0.05, 0) is 54.7 Å². The number of carbonyl (C=O) groups excluding carboxylic acids is 1. The predicted octanol–water partition coefficient (Wildman–Crippen LogP) is 4.45. The van der Waals surface area contributed by atoms with E-state index in [9.17, 15) is 10.1 Å². The van der Waals surface area contributed by atoms with E-state index in [1.807, 2.05) is 38.1 Å². The Bertz CT molecular complexity index is 855. The summed E-state index contributed by atoms with van der Waals surface area (Å²) in [6.07, 6.45) is 0.532. The molecular formula is C23H27N3O2. The van der Waals surface area contributed by atoms with E-state index in [4.69, 9.17) is 4.74 Å². The number of carbonyl (C=O) groups is 1. The Morgan fingerprint density at radius 2 is 1.93 bits per heavy atom. The number of para-hydroxylation sites is 1. The Balaban J connectivity index is 1.68. The van der Waals surface area contributed by atoms with Crippen molar-refractivity contribution in [1.29, 1.82) is 5.26 Å². The predicted molar refractivity (Wildman–Crippen MR) is 111 cm³/mol. The highest BCUT2D eigenvalue weighted by Gasteiger charge is 2.25. The average molecular weight is 377 g/mol. The van der Waals surface area contributed by atoms with Crippen LogP contribution < -0.4 is 15.0 Å². The topological polar surface area (TPSA) is 65.4 Å². The monoisotopic (exact) mass is 377 g/mol. The van der Waals surface area contributed by atoms with Gasteiger partial charge in [0.1, 0.15) is 11.8 Å². The van der Waals surface area contributed by atoms with Crippen LogP contribution in [0.4, 0.5) is 11.4 Å². The van der Waals surface area contributed by atoms with Gasteiger partial charge < -0.3 is 15.0 Å². The first-order valence-corrected chi connectivity index (χ1v) is 9.79. The van der Waals surface area contributed by atoms with Crippen molar-refractivity contribution in [2.24, 2.45) is 11.8 Å². The van der Waals surface area contributed by atoms with E-state index >= 15 is 0 Å². The van der Waals surface area contributed by atoms with E-state index in [-0.39, 0.29) is 11.8 Å². The SMILES string of the molecule is CC1CCN(c2ccc(NC(=O)C(Oc3ccccc3C#N)C(C)C)cc2)C1. The van der Waals surface area contributed by atoms with Gasteiger partial charge in [0.25, 0.3) is 5.91 Å². The Morgan fingerprint density at radius 1 is 1.21 bits per heavy atom. The van der Waals surface area contributed by atoms with Gasteiger partial charge in [0.15, 0.2) is 6.10 Å². The van der Waals surface area contributed by atoms with Gasteiger partial charge >= 0.3 is 0 Å². The fourth-order valence-corrected chi connectivity index (χ4v) is 3.43. The largest absolute Gasteiger partial charge is 0.479 e. The van der Waals surface area contributed by atoms with Crippen LogP contribution in [-0.2, 0) is 4.79 Å². The number of nitriles is 1. The van der Waals surface area contributed by atoms with E-state index in [1.165, 1.54) is 12.1 Å². The van der Waals surface area contributed by atoms with Crippen molar-refractivity contribution in [2.45, 2.75) is 33.3 Å². The Hall–Kier alpha value is -3.00. The number of nitrogens with one attached hydrogen (secondary N) is 1. The van der Waals surface area contributed by atoms with E-state index < -0.39 is 6.10 Å². The molecule has 5 heteroatoms. The summed E-state index contributed by atoms with van der Waals surface area (Å²) >= 11 is 0. The molecule has 1 aliphatic rings. The number of ether oxygens (including phenoxy) is 1. The van der Waals surface area contributed by atoms with E-state index in [0.717, 1.165) is 24.7 Å². The zero-order chi connectivity index (χ0) is 20.1. The number of amides is 1. The van der Waals surface area contributed by atoms with Gasteiger partial charge in [0.05, 0.1) is 5.56 Å². The quantitative estimate of drug-likeness (QED) is 0.808. The van der Waals surface area contributed by atoms with Gasteiger partial charge in [-0.3, -0.25) is 4.79 Å². The maximum absolute atomic E-state index is 12.8. The third-order valence-electron chi connectivity index (χ3n) is 5.05. The molecule has 5 nitrogen and oxygen atoms in total. The van der Waals surface area contributed by atoms with E-state index in [1.54, 1.807) is 24.3 Å². The summed E-state index contributed by atoms with van der Waals surface area (Å²) in [5.41, 5.74) is 2.34. The van der Waals surface area contributed by atoms with Crippen LogP contribution in [0.25, 0.3) is 0 Å². The minimum Gasteiger partial charge on any atom is -0.479 e. The van der Waals surface area contributed by atoms with Crippen molar-refractivity contribution in [3.8, 4) is 11.8 Å². The summed E-state index contributed by atoms with van der Waals surface area (Å²) in [4.78, 5) is 15.2. The maximum Gasteiger partial charge on any atom is 0.265 e. The lowest BCUT2D eigenvalue weighted by atomic mass is 10.1. The third-order valence-corrected chi connectivity index (χ3v) is 5.05. The molecule has 3 rings (SSSR count). The standard InChI is InChI=1S/C23H27N3O2/c1-16(2)22(28-21-7-5-4-6-18(21)14-24)23(27)25-19-8-10-20(11-9-19)26-13-12-17(3)15-26/h4-11,16-17,22H,12-13,15H2,1-3H3,(H,25,27). The second kappa shape index (κ2) is 8.79. The van der Waals surface area contributed by atoms with E-state index in [0.29, 0.717) is 11.3 Å². The van der Waals surface area contributed by atoms with Gasteiger partial charge in [-0.15, -0.1) is 0 Å². The minimum absolute atomic E-state index is 0.0443. The van der Waals surface area contributed by atoms with Crippen LogP contribution in [0.3, 0.4) is 0 Å². The third kappa shape index (κ3) is 4.64. The van der Waals surface area contributed by atoms with Crippen molar-refractivity contribution >= 4 is 17.3 Å². The molecule has 1 aliphatic heterocycles. The number of hydrogen-bond acceptors (Lipinski definition) is 4. The van der Waals surface area contributed by atoms with Crippen molar-refractivity contribution in [3.63, 3.8) is 0 Å². The molecule has 2 unspecified atom stereocenters. The molecule has 2 aromatic rings. The molecule has 0 aromatic heterocycles. The molecule has 0 saturated carbocycles. The Morgan fingerprint density at radius 3 is 2.54 bits per heavy atom. The number of rotatable bonds is 6. The second-order valence-corrected chi connectivity index (χ2v) is 7.77. The smallest absolute Gasteiger partial charge is 0.265 e. The fourth-order valence-electron chi connectivity index (χ4n) is 3.43. The summed E-state index contributed by atoms with van der Waals surface area (Å²) < 4.78 is 5.91. The number of hydrogen-bond donors (Lipinski definition) is 1. The molecule has 2 aromatic carbocycles. The van der Waals surface area contributed by atoms with Gasteiger partial charge in [0, 0.05) is 24.5 Å². The first-order valence-electron chi connectivity index (χ1n) is 9.79. The maximum atomic E-state index is 12.8. The molecule has 2 atom stereocenters. The van der Waals surface area contributed by atoms with Crippen molar-refractivity contribution in [3.05, 3.63) is 54.1 Å². The highest BCUT2D eigenvalue weighted by atomic mass is 16.5. The Labute approximate surface area is 166 Å². The fraction of sp³-hybridized carbons (Fsp3) is 0.391. The van der Waals surface area contributed by atoms with Crippen LogP contribution in [-0.4, -0.2) is 25.1 Å². The van der Waals surface area contributed by atoms with Crippen molar-refractivity contribution in [1.82, 2.24) is 0 Å². The Kier molecular flexibility index (Phi) is 6.20. The molecule has 0 radical (unpaired) electrons. The lowest BCUT2D eigenvalue weighted by molar-refractivity contribution is -0.124. The van der Waals surface area contributed by atoms with Crippen molar-refractivity contribution in [2.75, 3.05) is 23.3 Å². The van der Waals surface area contributed by atoms with Crippen molar-refractivity contribution < 1.29 is 9.53 Å². The highest BCUT2D eigenvalue weighted by Crippen LogP contribution is 2.25. The number of benzene rings is 2. The summed E-state index contributed by atoms with van der Waals surface area (Å²) in [5, 5.41) is 12.2. The molecule has 1 saturated heterocycles. The molecule has 0 aliphatic carbocycles. The summed E-state index contributed by atoms with van der Waals surface area (Å²) in [5.74, 6) is 0.888. The molecule has 1 amide bonds. The lowest BCUT2D eigenvalue weighted by Crippen LogP contribution is -2.37. The number of anilines is 2. The molecule has 146 valence electrons. The minimum atomic E-state index is -0.686. The van der Waals surface area contributed by atoms with Crippen LogP contribution in [0.2, 0.25) is 0 Å². The van der Waals surface area contributed by atoms with E-state index in [2.05, 4.69) is 23.2 Å². The molecule has 1 fully saturated rings. The van der Waals surface area contributed by atoms with Gasteiger partial charge in [-0.1, -0.05) is 32.9 Å². The zero-order valence-corrected chi connectivity index (χ0v) is 16.7. The normalized spacial score (nSPS) is 17.2. The van der Waals surface area contributed by atoms with Crippen LogP contribution in [0, 0.1) is 23.2 Å². The molecule has 0 bridgehead atoms. The zero-order valence-electron chi connectivity index (χ0n) is 16.7. The van der Waals surface area contributed by atoms with Gasteiger partial charge in [-0.25, -0.2) is 0 Å².